The second kappa shape index (κ2) is 10.8. The van der Waals surface area contributed by atoms with E-state index in [-0.39, 0.29) is 24.7 Å². The zero-order valence-electron chi connectivity index (χ0n) is 18.9. The number of hydroxylamine groups is 1. The number of aliphatic carboxylic acids is 1. The molecule has 1 aliphatic rings. The summed E-state index contributed by atoms with van der Waals surface area (Å²) >= 11 is 0. The molecule has 2 amide bonds. The summed E-state index contributed by atoms with van der Waals surface area (Å²) in [6.45, 7) is -0.0392. The Morgan fingerprint density at radius 2 is 1.51 bits per heavy atom. The largest absolute Gasteiger partial charge is 0.479 e. The van der Waals surface area contributed by atoms with Gasteiger partial charge in [0.15, 0.2) is 0 Å². The van der Waals surface area contributed by atoms with Crippen LogP contribution in [0.1, 0.15) is 27.4 Å². The van der Waals surface area contributed by atoms with Gasteiger partial charge in [0, 0.05) is 24.3 Å². The van der Waals surface area contributed by atoms with E-state index < -0.39 is 24.1 Å². The molecule has 3 aromatic rings. The van der Waals surface area contributed by atoms with Gasteiger partial charge in [-0.15, -0.1) is 0 Å². The molecule has 0 radical (unpaired) electrons. The zero-order chi connectivity index (χ0) is 24.8. The summed E-state index contributed by atoms with van der Waals surface area (Å²) in [5.41, 5.74) is 7.26. The number of fused-ring (bicyclic) bond motifs is 3. The molecule has 0 spiro atoms. The van der Waals surface area contributed by atoms with Crippen molar-refractivity contribution in [3.8, 4) is 11.1 Å². The number of benzene rings is 3. The third-order valence-corrected chi connectivity index (χ3v) is 5.62. The van der Waals surface area contributed by atoms with Crippen LogP contribution in [0.3, 0.4) is 0 Å². The summed E-state index contributed by atoms with van der Waals surface area (Å²) in [6.07, 6.45) is -1.95. The van der Waals surface area contributed by atoms with Gasteiger partial charge in [-0.3, -0.25) is 14.9 Å². The number of anilines is 1. The molecule has 3 N–H and O–H groups in total. The van der Waals surface area contributed by atoms with Gasteiger partial charge in [-0.25, -0.2) is 15.1 Å². The molecule has 0 heterocycles. The van der Waals surface area contributed by atoms with Crippen LogP contribution in [0, 0.1) is 0 Å². The van der Waals surface area contributed by atoms with Gasteiger partial charge >= 0.3 is 12.1 Å². The molecule has 0 aliphatic heterocycles. The number of hydrogen-bond acceptors (Lipinski definition) is 6. The number of methoxy groups -OCH3 is 1. The molecule has 1 atom stereocenters. The standard InChI is InChI=1S/C26H24N2O7/c1-33-15-23(25(30)31)35-28-24(29)16-10-12-17(13-11-16)27-26(32)34-14-22-20-8-4-2-6-18(20)19-7-3-5-9-21(19)22/h2-13,22-23H,14-15H2,1H3,(H,27,32)(H,28,29)(H,30,31). The van der Waals surface area contributed by atoms with Gasteiger partial charge < -0.3 is 14.6 Å². The molecule has 1 unspecified atom stereocenters. The number of amides is 2. The number of ether oxygens (including phenoxy) is 2. The Morgan fingerprint density at radius 3 is 2.09 bits per heavy atom. The summed E-state index contributed by atoms with van der Waals surface area (Å²) in [5, 5.41) is 11.7. The lowest BCUT2D eigenvalue weighted by molar-refractivity contribution is -0.158. The number of carboxylic acid groups (broad SMARTS) is 1. The van der Waals surface area contributed by atoms with Crippen LogP contribution < -0.4 is 10.8 Å². The first-order chi connectivity index (χ1) is 17.0. The predicted molar refractivity (Wildman–Crippen MR) is 127 cm³/mol. The highest BCUT2D eigenvalue weighted by Gasteiger charge is 2.29. The lowest BCUT2D eigenvalue weighted by Gasteiger charge is -2.15. The van der Waals surface area contributed by atoms with Gasteiger partial charge in [0.2, 0.25) is 6.10 Å². The first-order valence-electron chi connectivity index (χ1n) is 10.9. The maximum atomic E-state index is 12.4. The minimum Gasteiger partial charge on any atom is -0.479 e. The highest BCUT2D eigenvalue weighted by molar-refractivity contribution is 5.94. The third-order valence-electron chi connectivity index (χ3n) is 5.62. The lowest BCUT2D eigenvalue weighted by atomic mass is 9.98. The molecule has 0 saturated heterocycles. The zero-order valence-corrected chi connectivity index (χ0v) is 18.9. The summed E-state index contributed by atoms with van der Waals surface area (Å²) in [5.74, 6) is -1.96. The van der Waals surface area contributed by atoms with Crippen LogP contribution in [0.4, 0.5) is 10.5 Å². The van der Waals surface area contributed by atoms with Crippen LogP contribution >= 0.6 is 0 Å². The van der Waals surface area contributed by atoms with E-state index >= 15 is 0 Å². The van der Waals surface area contributed by atoms with E-state index in [2.05, 4.69) is 22.9 Å². The normalized spacial score (nSPS) is 12.8. The fourth-order valence-corrected chi connectivity index (χ4v) is 3.95. The van der Waals surface area contributed by atoms with E-state index in [9.17, 15) is 14.4 Å². The third kappa shape index (κ3) is 5.48. The predicted octanol–water partition coefficient (Wildman–Crippen LogP) is 3.81. The van der Waals surface area contributed by atoms with E-state index in [1.165, 1.54) is 31.4 Å². The molecule has 0 bridgehead atoms. The molecule has 0 saturated carbocycles. The smallest absolute Gasteiger partial charge is 0.411 e. The maximum Gasteiger partial charge on any atom is 0.411 e. The summed E-state index contributed by atoms with van der Waals surface area (Å²) in [7, 11) is 1.32. The van der Waals surface area contributed by atoms with Crippen molar-refractivity contribution in [2.45, 2.75) is 12.0 Å². The number of carbonyl (C=O) groups is 3. The molecule has 1 aliphatic carbocycles. The number of carbonyl (C=O) groups excluding carboxylic acids is 2. The summed E-state index contributed by atoms with van der Waals surface area (Å²) in [6, 6.07) is 22.1. The maximum absolute atomic E-state index is 12.4. The first-order valence-corrected chi connectivity index (χ1v) is 10.9. The van der Waals surface area contributed by atoms with Crippen molar-refractivity contribution >= 4 is 23.7 Å². The Bertz CT molecular complexity index is 1180. The minimum absolute atomic E-state index is 0.0491. The van der Waals surface area contributed by atoms with Crippen molar-refractivity contribution in [3.05, 3.63) is 89.5 Å². The van der Waals surface area contributed by atoms with Gasteiger partial charge in [0.05, 0.1) is 6.61 Å². The average Bonchev–Trinajstić information content (AvgIpc) is 3.19. The van der Waals surface area contributed by atoms with E-state index in [4.69, 9.17) is 19.4 Å². The Morgan fingerprint density at radius 1 is 0.914 bits per heavy atom. The number of rotatable bonds is 9. The number of nitrogens with one attached hydrogen (secondary N) is 2. The number of carboxylic acids is 1. The fraction of sp³-hybridized carbons (Fsp3) is 0.192. The van der Waals surface area contributed by atoms with E-state index in [0.29, 0.717) is 5.69 Å². The Hall–Kier alpha value is -4.21. The van der Waals surface area contributed by atoms with Gasteiger partial charge in [0.25, 0.3) is 5.91 Å². The molecular formula is C26H24N2O7. The quantitative estimate of drug-likeness (QED) is 0.401. The van der Waals surface area contributed by atoms with Crippen LogP contribution in [-0.4, -0.2) is 49.5 Å². The van der Waals surface area contributed by atoms with Crippen molar-refractivity contribution in [3.63, 3.8) is 0 Å². The fourth-order valence-electron chi connectivity index (χ4n) is 3.95. The van der Waals surface area contributed by atoms with Crippen molar-refractivity contribution in [1.82, 2.24) is 5.48 Å². The van der Waals surface area contributed by atoms with Crippen molar-refractivity contribution in [2.75, 3.05) is 25.6 Å². The van der Waals surface area contributed by atoms with Crippen LogP contribution in [0.15, 0.2) is 72.8 Å². The molecule has 9 heteroatoms. The van der Waals surface area contributed by atoms with Gasteiger partial charge in [-0.1, -0.05) is 48.5 Å². The topological polar surface area (TPSA) is 123 Å². The molecule has 4 rings (SSSR count). The highest BCUT2D eigenvalue weighted by atomic mass is 16.7. The van der Waals surface area contributed by atoms with E-state index in [0.717, 1.165) is 22.3 Å². The van der Waals surface area contributed by atoms with Crippen LogP contribution in [0.2, 0.25) is 0 Å². The molecule has 3 aromatic carbocycles. The Labute approximate surface area is 201 Å². The van der Waals surface area contributed by atoms with Crippen LogP contribution in [-0.2, 0) is 19.1 Å². The van der Waals surface area contributed by atoms with Crippen molar-refractivity contribution < 1.29 is 33.8 Å². The SMILES string of the molecule is COCC(ONC(=O)c1ccc(NC(=O)OCC2c3ccccc3-c3ccccc32)cc1)C(=O)O. The molecule has 0 aromatic heterocycles. The second-order valence-electron chi connectivity index (χ2n) is 7.86. The summed E-state index contributed by atoms with van der Waals surface area (Å²) < 4.78 is 10.2. The lowest BCUT2D eigenvalue weighted by Crippen LogP contribution is -2.37. The van der Waals surface area contributed by atoms with Crippen molar-refractivity contribution in [2.24, 2.45) is 0 Å². The van der Waals surface area contributed by atoms with E-state index in [1.807, 2.05) is 36.4 Å². The molecule has 9 nitrogen and oxygen atoms in total. The van der Waals surface area contributed by atoms with Gasteiger partial charge in [0.1, 0.15) is 6.61 Å². The molecule has 35 heavy (non-hydrogen) atoms. The van der Waals surface area contributed by atoms with Crippen LogP contribution in [0.25, 0.3) is 11.1 Å². The Balaban J connectivity index is 1.32. The molecule has 180 valence electrons. The van der Waals surface area contributed by atoms with E-state index in [1.54, 1.807) is 0 Å². The average molecular weight is 476 g/mol. The monoisotopic (exact) mass is 476 g/mol. The minimum atomic E-state index is -1.33. The molecule has 0 fully saturated rings. The van der Waals surface area contributed by atoms with Gasteiger partial charge in [-0.2, -0.15) is 0 Å². The second-order valence-corrected chi connectivity index (χ2v) is 7.86. The van der Waals surface area contributed by atoms with Crippen LogP contribution in [0.5, 0.6) is 0 Å². The highest BCUT2D eigenvalue weighted by Crippen LogP contribution is 2.44. The Kier molecular flexibility index (Phi) is 7.39. The van der Waals surface area contributed by atoms with Crippen molar-refractivity contribution in [1.29, 1.82) is 0 Å². The number of hydrogen-bond donors (Lipinski definition) is 3. The molecular weight excluding hydrogens is 452 g/mol. The first kappa shape index (κ1) is 23.9. The van der Waals surface area contributed by atoms with Gasteiger partial charge in [-0.05, 0) is 46.5 Å². The summed E-state index contributed by atoms with van der Waals surface area (Å²) in [4.78, 5) is 40.5.